The van der Waals surface area contributed by atoms with Crippen molar-refractivity contribution in [1.29, 1.82) is 0 Å². The highest BCUT2D eigenvalue weighted by Gasteiger charge is 2.47. The maximum absolute atomic E-state index is 13.3. The average molecular weight is 572 g/mol. The van der Waals surface area contributed by atoms with Gasteiger partial charge in [0.05, 0.1) is 33.8 Å². The van der Waals surface area contributed by atoms with E-state index < -0.39 is 39.9 Å². The number of alkyl halides is 6. The van der Waals surface area contributed by atoms with E-state index in [1.165, 1.54) is 23.9 Å². The Morgan fingerprint density at radius 2 is 1.66 bits per heavy atom. The summed E-state index contributed by atoms with van der Waals surface area (Å²) in [5.74, 6) is 0.429. The highest BCUT2D eigenvalue weighted by Crippen LogP contribution is 2.41. The predicted octanol–water partition coefficient (Wildman–Crippen LogP) is 7.93. The maximum Gasteiger partial charge on any atom is 0.417 e. The Labute approximate surface area is 223 Å². The van der Waals surface area contributed by atoms with Crippen LogP contribution in [0.3, 0.4) is 0 Å². The second-order valence-electron chi connectivity index (χ2n) is 8.59. The quantitative estimate of drug-likeness (QED) is 0.316. The van der Waals surface area contributed by atoms with Crippen molar-refractivity contribution in [1.82, 2.24) is 5.01 Å². The molecular formula is C26H20ClF6N3OS. The zero-order valence-corrected chi connectivity index (χ0v) is 21.3. The number of thioether (sulfide) groups is 1. The number of urea groups is 1. The van der Waals surface area contributed by atoms with Crippen molar-refractivity contribution in [3.8, 4) is 0 Å². The molecule has 38 heavy (non-hydrogen) atoms. The number of halogens is 7. The van der Waals surface area contributed by atoms with Crippen LogP contribution in [0, 0.1) is 0 Å². The van der Waals surface area contributed by atoms with Crippen molar-refractivity contribution < 1.29 is 31.1 Å². The third-order valence-electron chi connectivity index (χ3n) is 6.06. The van der Waals surface area contributed by atoms with E-state index in [-0.39, 0.29) is 12.2 Å². The molecule has 0 saturated heterocycles. The second-order valence-corrected chi connectivity index (χ2v) is 9.86. The fourth-order valence-corrected chi connectivity index (χ4v) is 5.46. The molecule has 12 heteroatoms. The van der Waals surface area contributed by atoms with E-state index in [0.717, 1.165) is 40.9 Å². The molecule has 3 aromatic rings. The van der Waals surface area contributed by atoms with Crippen LogP contribution < -0.4 is 5.32 Å². The smallest absolute Gasteiger partial charge is 0.306 e. The summed E-state index contributed by atoms with van der Waals surface area (Å²) in [7, 11) is 0. The van der Waals surface area contributed by atoms with Crippen molar-refractivity contribution >= 4 is 40.8 Å². The highest BCUT2D eigenvalue weighted by atomic mass is 35.5. The van der Waals surface area contributed by atoms with Crippen LogP contribution in [0.1, 0.15) is 22.3 Å². The molecule has 1 unspecified atom stereocenters. The molecule has 0 spiro atoms. The number of nitrogens with one attached hydrogen (secondary N) is 1. The zero-order chi connectivity index (χ0) is 27.7. The van der Waals surface area contributed by atoms with E-state index in [9.17, 15) is 31.1 Å². The number of nitrogens with zero attached hydrogens (tertiary/aromatic N) is 2. The van der Waals surface area contributed by atoms with Gasteiger partial charge >= 0.3 is 18.4 Å². The molecule has 1 atom stereocenters. The molecule has 0 radical (unpaired) electrons. The van der Waals surface area contributed by atoms with Gasteiger partial charge < -0.3 is 5.32 Å². The molecule has 1 heterocycles. The molecule has 0 saturated carbocycles. The number of carbonyl (C=O) groups excluding carboxylic acids is 1. The molecular weight excluding hydrogens is 552 g/mol. The monoisotopic (exact) mass is 571 g/mol. The summed E-state index contributed by atoms with van der Waals surface area (Å²) in [4.78, 5) is 13.2. The summed E-state index contributed by atoms with van der Waals surface area (Å²) in [6, 6.07) is 15.7. The first-order valence-electron chi connectivity index (χ1n) is 11.1. The molecule has 1 N–H and O–H groups in total. The number of hydrazone groups is 1. The summed E-state index contributed by atoms with van der Waals surface area (Å²) in [5.41, 5.74) is -1.19. The van der Waals surface area contributed by atoms with Gasteiger partial charge in [-0.3, -0.25) is 0 Å². The van der Waals surface area contributed by atoms with Crippen LogP contribution in [0.5, 0.6) is 0 Å². The van der Waals surface area contributed by atoms with E-state index in [2.05, 4.69) is 10.4 Å². The van der Waals surface area contributed by atoms with Gasteiger partial charge in [-0.25, -0.2) is 9.80 Å². The van der Waals surface area contributed by atoms with Gasteiger partial charge in [-0.1, -0.05) is 48.0 Å². The minimum Gasteiger partial charge on any atom is -0.306 e. The number of hydrogen-bond acceptors (Lipinski definition) is 3. The van der Waals surface area contributed by atoms with Gasteiger partial charge in [0.1, 0.15) is 0 Å². The Kier molecular flexibility index (Phi) is 7.72. The molecule has 0 bridgehead atoms. The molecule has 1 aliphatic rings. The molecule has 2 amide bonds. The summed E-state index contributed by atoms with van der Waals surface area (Å²) in [5, 5.41) is 7.66. The lowest BCUT2D eigenvalue weighted by Crippen LogP contribution is -2.43. The molecule has 1 aliphatic heterocycles. The van der Waals surface area contributed by atoms with E-state index in [1.54, 1.807) is 12.1 Å². The largest absolute Gasteiger partial charge is 0.417 e. The standard InChI is InChI=1S/C26H20ClF6N3OS/c1-38-15-24(17-5-3-2-4-6-17)14-36(23(37)34-19-10-8-18(9-11-19)25(28,29)30)35-22(24)16-7-12-20(21(27)13-16)26(31,32)33/h2-13H,14-15H2,1H3,(H,34,37). The van der Waals surface area contributed by atoms with Crippen molar-refractivity contribution in [2.45, 2.75) is 17.8 Å². The number of anilines is 1. The van der Waals surface area contributed by atoms with E-state index in [1.807, 2.05) is 24.5 Å². The van der Waals surface area contributed by atoms with Gasteiger partial charge in [-0.05, 0) is 48.2 Å². The Hall–Kier alpha value is -3.18. The Balaban J connectivity index is 1.74. The lowest BCUT2D eigenvalue weighted by atomic mass is 9.76. The summed E-state index contributed by atoms with van der Waals surface area (Å²) in [6.07, 6.45) is -7.31. The van der Waals surface area contributed by atoms with Gasteiger partial charge in [0.15, 0.2) is 0 Å². The maximum atomic E-state index is 13.3. The SMILES string of the molecule is CSCC1(c2ccccc2)CN(C(=O)Nc2ccc(C(F)(F)F)cc2)N=C1c1ccc(C(F)(F)F)c(Cl)c1. The molecule has 0 aromatic heterocycles. The van der Waals surface area contributed by atoms with Crippen LogP contribution in [0.15, 0.2) is 77.9 Å². The Bertz CT molecular complexity index is 1350. The fraction of sp³-hybridized carbons (Fsp3) is 0.231. The fourth-order valence-electron chi connectivity index (χ4n) is 4.29. The van der Waals surface area contributed by atoms with E-state index >= 15 is 0 Å². The number of benzene rings is 3. The van der Waals surface area contributed by atoms with Gasteiger partial charge in [-0.15, -0.1) is 0 Å². The average Bonchev–Trinajstić information content (AvgIpc) is 3.24. The van der Waals surface area contributed by atoms with Gasteiger partial charge in [0.2, 0.25) is 0 Å². The van der Waals surface area contributed by atoms with Crippen LogP contribution in [-0.4, -0.2) is 35.3 Å². The number of carbonyl (C=O) groups is 1. The van der Waals surface area contributed by atoms with E-state index in [4.69, 9.17) is 11.6 Å². The first-order chi connectivity index (χ1) is 17.8. The van der Waals surface area contributed by atoms with Gasteiger partial charge in [-0.2, -0.15) is 43.2 Å². The summed E-state index contributed by atoms with van der Waals surface area (Å²) in [6.45, 7) is 0.0400. The molecule has 4 rings (SSSR count). The molecule has 3 aromatic carbocycles. The van der Waals surface area contributed by atoms with Crippen LogP contribution in [0.2, 0.25) is 5.02 Å². The van der Waals surface area contributed by atoms with Gasteiger partial charge in [0, 0.05) is 17.0 Å². The third kappa shape index (κ3) is 5.63. The van der Waals surface area contributed by atoms with Crippen molar-refractivity contribution in [2.75, 3.05) is 23.9 Å². The van der Waals surface area contributed by atoms with Gasteiger partial charge in [0.25, 0.3) is 0 Å². The molecule has 0 fully saturated rings. The third-order valence-corrected chi connectivity index (χ3v) is 7.15. The normalized spacial score (nSPS) is 17.9. The molecule has 0 aliphatic carbocycles. The number of hydrogen-bond donors (Lipinski definition) is 1. The van der Waals surface area contributed by atoms with Crippen molar-refractivity contribution in [3.63, 3.8) is 0 Å². The predicted molar refractivity (Wildman–Crippen MR) is 137 cm³/mol. The lowest BCUT2D eigenvalue weighted by molar-refractivity contribution is -0.138. The Morgan fingerprint density at radius 3 is 2.21 bits per heavy atom. The topological polar surface area (TPSA) is 44.7 Å². The van der Waals surface area contributed by atoms with Crippen molar-refractivity contribution in [2.24, 2.45) is 5.10 Å². The molecule has 200 valence electrons. The lowest BCUT2D eigenvalue weighted by Gasteiger charge is -2.31. The van der Waals surface area contributed by atoms with Crippen LogP contribution in [-0.2, 0) is 17.8 Å². The number of rotatable bonds is 5. The summed E-state index contributed by atoms with van der Waals surface area (Å²) >= 11 is 7.47. The second kappa shape index (κ2) is 10.5. The summed E-state index contributed by atoms with van der Waals surface area (Å²) < 4.78 is 78.6. The van der Waals surface area contributed by atoms with Crippen LogP contribution in [0.25, 0.3) is 0 Å². The van der Waals surface area contributed by atoms with E-state index in [0.29, 0.717) is 17.0 Å². The minimum atomic E-state index is -4.64. The molecule has 4 nitrogen and oxygen atoms in total. The van der Waals surface area contributed by atoms with Crippen LogP contribution >= 0.6 is 23.4 Å². The first-order valence-corrected chi connectivity index (χ1v) is 12.9. The zero-order valence-electron chi connectivity index (χ0n) is 19.7. The van der Waals surface area contributed by atoms with Crippen molar-refractivity contribution in [3.05, 3.63) is 100 Å². The van der Waals surface area contributed by atoms with Crippen LogP contribution in [0.4, 0.5) is 36.8 Å². The first kappa shape index (κ1) is 27.8. The Morgan fingerprint density at radius 1 is 1.00 bits per heavy atom. The number of amides is 2. The highest BCUT2D eigenvalue weighted by molar-refractivity contribution is 7.98. The minimum absolute atomic E-state index is 0.0400.